The summed E-state index contributed by atoms with van der Waals surface area (Å²) >= 11 is 7.13. The molecule has 7 nitrogen and oxygen atoms in total. The standard InChI is InChI=1S/C20H21ClFN3O4S2/c1-12(17-6-7-18(21)30-17)11-31(28,29)23-15-8-9-25(20(15)27)16-5-4-13(10-14(16)22)19(26)24(2)3/h4-7,10-11,15,23H,8-9H2,1-3H3/t15-/m0/s1. The zero-order valence-electron chi connectivity index (χ0n) is 17.1. The van der Waals surface area contributed by atoms with Gasteiger partial charge in [-0.15, -0.1) is 11.3 Å². The molecule has 166 valence electrons. The Bertz CT molecular complexity index is 1160. The molecule has 0 unspecified atom stereocenters. The first-order valence-electron chi connectivity index (χ1n) is 9.27. The van der Waals surface area contributed by atoms with Crippen molar-refractivity contribution in [1.82, 2.24) is 9.62 Å². The summed E-state index contributed by atoms with van der Waals surface area (Å²) in [5.41, 5.74) is 0.644. The number of thiophene rings is 1. The largest absolute Gasteiger partial charge is 0.345 e. The summed E-state index contributed by atoms with van der Waals surface area (Å²) in [5, 5.41) is 1.05. The van der Waals surface area contributed by atoms with E-state index < -0.39 is 27.8 Å². The number of hydrogen-bond acceptors (Lipinski definition) is 5. The van der Waals surface area contributed by atoms with Crippen LogP contribution in [0.1, 0.15) is 28.6 Å². The Morgan fingerprint density at radius 1 is 1.32 bits per heavy atom. The van der Waals surface area contributed by atoms with Gasteiger partial charge in [0.25, 0.3) is 5.91 Å². The van der Waals surface area contributed by atoms with Crippen LogP contribution in [-0.4, -0.2) is 51.8 Å². The maximum atomic E-state index is 14.6. The minimum Gasteiger partial charge on any atom is -0.345 e. The molecule has 2 heterocycles. The number of amides is 2. The second-order valence-electron chi connectivity index (χ2n) is 7.26. The average Bonchev–Trinajstić information content (AvgIpc) is 3.27. The van der Waals surface area contributed by atoms with Gasteiger partial charge in [0.05, 0.1) is 15.4 Å². The van der Waals surface area contributed by atoms with E-state index in [4.69, 9.17) is 11.6 Å². The second kappa shape index (κ2) is 9.07. The number of nitrogens with zero attached hydrogens (tertiary/aromatic N) is 2. The van der Waals surface area contributed by atoms with E-state index in [0.29, 0.717) is 14.8 Å². The van der Waals surface area contributed by atoms with Crippen molar-refractivity contribution in [1.29, 1.82) is 0 Å². The van der Waals surface area contributed by atoms with E-state index >= 15 is 0 Å². The van der Waals surface area contributed by atoms with E-state index in [9.17, 15) is 22.4 Å². The maximum Gasteiger partial charge on any atom is 0.253 e. The predicted octanol–water partition coefficient (Wildman–Crippen LogP) is 3.33. The Labute approximate surface area is 189 Å². The molecule has 0 radical (unpaired) electrons. The smallest absolute Gasteiger partial charge is 0.253 e. The zero-order chi connectivity index (χ0) is 22.9. The predicted molar refractivity (Wildman–Crippen MR) is 120 cm³/mol. The lowest BCUT2D eigenvalue weighted by Crippen LogP contribution is -2.41. The normalized spacial score (nSPS) is 17.3. The lowest BCUT2D eigenvalue weighted by Gasteiger charge is -2.19. The van der Waals surface area contributed by atoms with Crippen LogP contribution >= 0.6 is 22.9 Å². The highest BCUT2D eigenvalue weighted by Crippen LogP contribution is 2.29. The van der Waals surface area contributed by atoms with Crippen LogP contribution in [0.4, 0.5) is 10.1 Å². The maximum absolute atomic E-state index is 14.6. The Hall–Kier alpha value is -2.27. The summed E-state index contributed by atoms with van der Waals surface area (Å²) in [4.78, 5) is 27.9. The summed E-state index contributed by atoms with van der Waals surface area (Å²) in [6.45, 7) is 1.78. The van der Waals surface area contributed by atoms with E-state index in [1.807, 2.05) is 0 Å². The van der Waals surface area contributed by atoms with Crippen LogP contribution in [0.5, 0.6) is 0 Å². The molecule has 0 spiro atoms. The Morgan fingerprint density at radius 3 is 2.61 bits per heavy atom. The van der Waals surface area contributed by atoms with Crippen LogP contribution in [0, 0.1) is 5.82 Å². The molecule has 2 aromatic rings. The number of anilines is 1. The number of halogens is 2. The van der Waals surface area contributed by atoms with Gasteiger partial charge in [-0.2, -0.15) is 4.72 Å². The van der Waals surface area contributed by atoms with E-state index in [1.165, 1.54) is 33.3 Å². The molecular weight excluding hydrogens is 465 g/mol. The van der Waals surface area contributed by atoms with Crippen molar-refractivity contribution in [2.75, 3.05) is 25.5 Å². The van der Waals surface area contributed by atoms with Crippen molar-refractivity contribution in [3.8, 4) is 0 Å². The Kier molecular flexibility index (Phi) is 6.85. The Morgan fingerprint density at radius 2 is 2.03 bits per heavy atom. The molecule has 1 atom stereocenters. The lowest BCUT2D eigenvalue weighted by molar-refractivity contribution is -0.118. The second-order valence-corrected chi connectivity index (χ2v) is 10.5. The monoisotopic (exact) mass is 485 g/mol. The summed E-state index contributed by atoms with van der Waals surface area (Å²) in [7, 11) is -0.812. The quantitative estimate of drug-likeness (QED) is 0.680. The molecular formula is C20H21ClFN3O4S2. The number of nitrogens with one attached hydrogen (secondary N) is 1. The van der Waals surface area contributed by atoms with Crippen LogP contribution in [0.3, 0.4) is 0 Å². The molecule has 3 rings (SSSR count). The minimum absolute atomic E-state index is 0.00181. The van der Waals surface area contributed by atoms with Gasteiger partial charge in [-0.1, -0.05) is 11.6 Å². The van der Waals surface area contributed by atoms with Gasteiger partial charge in [0.1, 0.15) is 11.9 Å². The van der Waals surface area contributed by atoms with Gasteiger partial charge >= 0.3 is 0 Å². The molecule has 1 saturated heterocycles. The first-order chi connectivity index (χ1) is 14.5. The van der Waals surface area contributed by atoms with Gasteiger partial charge in [-0.05, 0) is 49.2 Å². The Balaban J connectivity index is 1.75. The molecule has 1 aromatic heterocycles. The van der Waals surface area contributed by atoms with Crippen LogP contribution in [0.15, 0.2) is 35.7 Å². The van der Waals surface area contributed by atoms with Crippen LogP contribution in [-0.2, 0) is 14.8 Å². The summed E-state index contributed by atoms with van der Waals surface area (Å²) in [6.07, 6.45) is 0.188. The summed E-state index contributed by atoms with van der Waals surface area (Å²) in [6, 6.07) is 6.23. The van der Waals surface area contributed by atoms with Gasteiger partial charge in [-0.25, -0.2) is 12.8 Å². The molecule has 0 saturated carbocycles. The fourth-order valence-corrected chi connectivity index (χ4v) is 5.56. The minimum atomic E-state index is -3.92. The fourth-order valence-electron chi connectivity index (χ4n) is 3.19. The highest BCUT2D eigenvalue weighted by Gasteiger charge is 2.36. The number of rotatable bonds is 6. The highest BCUT2D eigenvalue weighted by molar-refractivity contribution is 7.92. The van der Waals surface area contributed by atoms with E-state index in [1.54, 1.807) is 33.2 Å². The van der Waals surface area contributed by atoms with Crippen molar-refractivity contribution in [2.24, 2.45) is 0 Å². The van der Waals surface area contributed by atoms with Crippen molar-refractivity contribution in [2.45, 2.75) is 19.4 Å². The number of sulfonamides is 1. The molecule has 1 aliphatic heterocycles. The molecule has 11 heteroatoms. The van der Waals surface area contributed by atoms with Gasteiger partial charge < -0.3 is 9.80 Å². The number of carbonyl (C=O) groups excluding carboxylic acids is 2. The molecule has 1 N–H and O–H groups in total. The average molecular weight is 486 g/mol. The molecule has 0 bridgehead atoms. The van der Waals surface area contributed by atoms with Gasteiger partial charge in [0.15, 0.2) is 0 Å². The fraction of sp³-hybridized carbons (Fsp3) is 0.300. The third-order valence-corrected chi connectivity index (χ3v) is 7.34. The van der Waals surface area contributed by atoms with E-state index in [2.05, 4.69) is 4.72 Å². The SMILES string of the molecule is CC(=CS(=O)(=O)N[C@H]1CCN(c2ccc(C(=O)N(C)C)cc2F)C1=O)c1ccc(Cl)s1. The lowest BCUT2D eigenvalue weighted by atomic mass is 10.1. The number of carbonyl (C=O) groups is 2. The number of benzene rings is 1. The topological polar surface area (TPSA) is 86.8 Å². The molecule has 1 fully saturated rings. The third kappa shape index (κ3) is 5.32. The van der Waals surface area contributed by atoms with Crippen molar-refractivity contribution in [3.63, 3.8) is 0 Å². The van der Waals surface area contributed by atoms with Gasteiger partial charge in [-0.3, -0.25) is 9.59 Å². The highest BCUT2D eigenvalue weighted by atomic mass is 35.5. The van der Waals surface area contributed by atoms with Crippen LogP contribution in [0.2, 0.25) is 4.34 Å². The van der Waals surface area contributed by atoms with Crippen molar-refractivity contribution >= 4 is 56.0 Å². The number of allylic oxidation sites excluding steroid dienone is 1. The molecule has 0 aliphatic carbocycles. The molecule has 2 amide bonds. The van der Waals surface area contributed by atoms with Crippen molar-refractivity contribution < 1.29 is 22.4 Å². The number of hydrogen-bond donors (Lipinski definition) is 1. The van der Waals surface area contributed by atoms with Gasteiger partial charge in [0, 0.05) is 31.1 Å². The molecule has 1 aromatic carbocycles. The molecule has 1 aliphatic rings. The van der Waals surface area contributed by atoms with E-state index in [-0.39, 0.29) is 30.1 Å². The summed E-state index contributed by atoms with van der Waals surface area (Å²) in [5.74, 6) is -1.65. The third-order valence-electron chi connectivity index (χ3n) is 4.70. The molecule has 31 heavy (non-hydrogen) atoms. The summed E-state index contributed by atoms with van der Waals surface area (Å²) < 4.78 is 42.5. The van der Waals surface area contributed by atoms with Gasteiger partial charge in [0.2, 0.25) is 15.9 Å². The van der Waals surface area contributed by atoms with E-state index in [0.717, 1.165) is 11.5 Å². The van der Waals surface area contributed by atoms with Crippen LogP contribution < -0.4 is 9.62 Å². The van der Waals surface area contributed by atoms with Crippen LogP contribution in [0.25, 0.3) is 5.57 Å². The zero-order valence-corrected chi connectivity index (χ0v) is 19.4. The van der Waals surface area contributed by atoms with Crippen molar-refractivity contribution in [3.05, 3.63) is 56.3 Å². The first kappa shape index (κ1) is 23.4. The first-order valence-corrected chi connectivity index (χ1v) is 12.0.